The summed E-state index contributed by atoms with van der Waals surface area (Å²) in [4.78, 5) is 11.0. The number of rotatable bonds is 5. The summed E-state index contributed by atoms with van der Waals surface area (Å²) in [6.07, 6.45) is 4.66. The van der Waals surface area contributed by atoms with Crippen LogP contribution in [0.3, 0.4) is 0 Å². The zero-order valence-electron chi connectivity index (χ0n) is 10.1. The number of carboxylic acids is 1. The van der Waals surface area contributed by atoms with Crippen molar-refractivity contribution in [2.45, 2.75) is 25.8 Å². The molecule has 2 N–H and O–H groups in total. The summed E-state index contributed by atoms with van der Waals surface area (Å²) in [7, 11) is 1.91. The third kappa shape index (κ3) is 2.85. The topological polar surface area (TPSA) is 67.2 Å². The van der Waals surface area contributed by atoms with Crippen molar-refractivity contribution in [2.24, 2.45) is 18.9 Å². The molecule has 0 saturated heterocycles. The molecule has 1 aromatic rings. The molecule has 2 rings (SSSR count). The average Bonchev–Trinajstić information content (AvgIpc) is 2.88. The molecule has 5 nitrogen and oxygen atoms in total. The summed E-state index contributed by atoms with van der Waals surface area (Å²) in [5, 5.41) is 16.5. The Labute approximate surface area is 101 Å². The molecule has 2 atom stereocenters. The van der Waals surface area contributed by atoms with Crippen molar-refractivity contribution in [2.75, 3.05) is 6.54 Å². The van der Waals surface area contributed by atoms with Gasteiger partial charge in [0.1, 0.15) is 0 Å². The Morgan fingerprint density at radius 1 is 1.65 bits per heavy atom. The molecule has 1 aromatic heterocycles. The monoisotopic (exact) mass is 237 g/mol. The van der Waals surface area contributed by atoms with Crippen molar-refractivity contribution >= 4 is 5.97 Å². The zero-order valence-corrected chi connectivity index (χ0v) is 10.1. The smallest absolute Gasteiger partial charge is 0.306 e. The summed E-state index contributed by atoms with van der Waals surface area (Å²) < 4.78 is 1.83. The predicted octanol–water partition coefficient (Wildman–Crippen LogP) is 1.01. The number of hydrogen-bond acceptors (Lipinski definition) is 3. The molecule has 94 valence electrons. The van der Waals surface area contributed by atoms with Crippen LogP contribution in [0.5, 0.6) is 0 Å². The van der Waals surface area contributed by atoms with E-state index in [1.54, 1.807) is 6.20 Å². The first-order valence-electron chi connectivity index (χ1n) is 6.09. The van der Waals surface area contributed by atoms with Gasteiger partial charge < -0.3 is 10.4 Å². The van der Waals surface area contributed by atoms with E-state index in [-0.39, 0.29) is 11.8 Å². The molecular formula is C12H19N3O2. The van der Waals surface area contributed by atoms with Gasteiger partial charge in [0.15, 0.2) is 0 Å². The van der Waals surface area contributed by atoms with E-state index in [1.165, 1.54) is 0 Å². The van der Waals surface area contributed by atoms with Gasteiger partial charge in [0, 0.05) is 19.8 Å². The molecule has 0 amide bonds. The van der Waals surface area contributed by atoms with Gasteiger partial charge >= 0.3 is 5.97 Å². The van der Waals surface area contributed by atoms with E-state index in [0.29, 0.717) is 0 Å². The lowest BCUT2D eigenvalue weighted by atomic mass is 9.96. The fourth-order valence-electron chi connectivity index (χ4n) is 2.57. The number of aliphatic carboxylic acids is 1. The quantitative estimate of drug-likeness (QED) is 0.802. The molecule has 5 heteroatoms. The highest BCUT2D eigenvalue weighted by molar-refractivity contribution is 5.70. The van der Waals surface area contributed by atoms with Crippen LogP contribution < -0.4 is 5.32 Å². The van der Waals surface area contributed by atoms with Crippen LogP contribution in [0.2, 0.25) is 0 Å². The fraction of sp³-hybridized carbons (Fsp3) is 0.667. The van der Waals surface area contributed by atoms with E-state index in [9.17, 15) is 4.79 Å². The molecule has 0 aromatic carbocycles. The summed E-state index contributed by atoms with van der Waals surface area (Å²) in [5.41, 5.74) is 1.12. The summed E-state index contributed by atoms with van der Waals surface area (Å²) >= 11 is 0. The van der Waals surface area contributed by atoms with Crippen molar-refractivity contribution in [3.63, 3.8) is 0 Å². The minimum Gasteiger partial charge on any atom is -0.481 e. The van der Waals surface area contributed by atoms with Gasteiger partial charge in [-0.3, -0.25) is 9.48 Å². The first-order chi connectivity index (χ1) is 8.18. The Bertz CT molecular complexity index is 389. The SMILES string of the molecule is Cn1nccc1CNCC1CCCC1C(=O)O. The van der Waals surface area contributed by atoms with Gasteiger partial charge in [0.25, 0.3) is 0 Å². The van der Waals surface area contributed by atoms with E-state index >= 15 is 0 Å². The van der Waals surface area contributed by atoms with E-state index in [4.69, 9.17) is 5.11 Å². The van der Waals surface area contributed by atoms with Crippen molar-refractivity contribution in [1.29, 1.82) is 0 Å². The molecule has 0 spiro atoms. The average molecular weight is 237 g/mol. The van der Waals surface area contributed by atoms with Crippen LogP contribution in [0, 0.1) is 11.8 Å². The molecular weight excluding hydrogens is 218 g/mol. The molecule has 1 aliphatic carbocycles. The molecule has 17 heavy (non-hydrogen) atoms. The molecule has 2 unspecified atom stereocenters. The predicted molar refractivity (Wildman–Crippen MR) is 63.4 cm³/mol. The lowest BCUT2D eigenvalue weighted by molar-refractivity contribution is -0.142. The van der Waals surface area contributed by atoms with Gasteiger partial charge in [-0.15, -0.1) is 0 Å². The fourth-order valence-corrected chi connectivity index (χ4v) is 2.57. The number of nitrogens with one attached hydrogen (secondary N) is 1. The highest BCUT2D eigenvalue weighted by Crippen LogP contribution is 2.31. The van der Waals surface area contributed by atoms with Crippen LogP contribution in [-0.4, -0.2) is 27.4 Å². The standard InChI is InChI=1S/C12H19N3O2/c1-15-10(5-6-14-15)8-13-7-9-3-2-4-11(9)12(16)17/h5-6,9,11,13H,2-4,7-8H2,1H3,(H,16,17). The highest BCUT2D eigenvalue weighted by Gasteiger charge is 2.32. The van der Waals surface area contributed by atoms with Crippen molar-refractivity contribution in [3.8, 4) is 0 Å². The first kappa shape index (κ1) is 12.1. The zero-order chi connectivity index (χ0) is 12.3. The van der Waals surface area contributed by atoms with Crippen molar-refractivity contribution in [1.82, 2.24) is 15.1 Å². The second kappa shape index (κ2) is 5.31. The van der Waals surface area contributed by atoms with Gasteiger partial charge in [-0.25, -0.2) is 0 Å². The van der Waals surface area contributed by atoms with Crippen LogP contribution in [0.4, 0.5) is 0 Å². The van der Waals surface area contributed by atoms with E-state index in [0.717, 1.165) is 38.0 Å². The van der Waals surface area contributed by atoms with Gasteiger partial charge in [-0.2, -0.15) is 5.10 Å². The Morgan fingerprint density at radius 3 is 3.12 bits per heavy atom. The summed E-state index contributed by atoms with van der Waals surface area (Å²) in [5.74, 6) is -0.524. The van der Waals surface area contributed by atoms with Gasteiger partial charge in [-0.05, 0) is 31.4 Å². The molecule has 1 fully saturated rings. The van der Waals surface area contributed by atoms with Crippen LogP contribution in [0.15, 0.2) is 12.3 Å². The Morgan fingerprint density at radius 2 is 2.47 bits per heavy atom. The second-order valence-electron chi connectivity index (χ2n) is 4.71. The largest absolute Gasteiger partial charge is 0.481 e. The van der Waals surface area contributed by atoms with Crippen molar-refractivity contribution < 1.29 is 9.90 Å². The minimum atomic E-state index is -0.644. The van der Waals surface area contributed by atoms with Crippen LogP contribution in [0.25, 0.3) is 0 Å². The van der Waals surface area contributed by atoms with E-state index in [1.807, 2.05) is 17.8 Å². The third-order valence-corrected chi connectivity index (χ3v) is 3.61. The Balaban J connectivity index is 1.79. The molecule has 0 bridgehead atoms. The van der Waals surface area contributed by atoms with Crippen LogP contribution in [0.1, 0.15) is 25.0 Å². The number of hydrogen-bond donors (Lipinski definition) is 2. The molecule has 0 aliphatic heterocycles. The number of carbonyl (C=O) groups is 1. The summed E-state index contributed by atoms with van der Waals surface area (Å²) in [6, 6.07) is 1.97. The maximum absolute atomic E-state index is 11.0. The number of aromatic nitrogens is 2. The normalized spacial score (nSPS) is 24.1. The Kier molecular flexibility index (Phi) is 3.78. The molecule has 1 saturated carbocycles. The molecule has 0 radical (unpaired) electrons. The lowest BCUT2D eigenvalue weighted by Gasteiger charge is -2.16. The number of aryl methyl sites for hydroxylation is 1. The van der Waals surface area contributed by atoms with Crippen molar-refractivity contribution in [3.05, 3.63) is 18.0 Å². The lowest BCUT2D eigenvalue weighted by Crippen LogP contribution is -2.29. The number of carboxylic acid groups (broad SMARTS) is 1. The Hall–Kier alpha value is -1.36. The van der Waals surface area contributed by atoms with Crippen LogP contribution in [-0.2, 0) is 18.4 Å². The third-order valence-electron chi connectivity index (χ3n) is 3.61. The van der Waals surface area contributed by atoms with Gasteiger partial charge in [0.2, 0.25) is 0 Å². The van der Waals surface area contributed by atoms with E-state index in [2.05, 4.69) is 10.4 Å². The summed E-state index contributed by atoms with van der Waals surface area (Å²) in [6.45, 7) is 1.53. The number of nitrogens with zero attached hydrogens (tertiary/aromatic N) is 2. The maximum atomic E-state index is 11.0. The second-order valence-corrected chi connectivity index (χ2v) is 4.71. The maximum Gasteiger partial charge on any atom is 0.306 e. The highest BCUT2D eigenvalue weighted by atomic mass is 16.4. The first-order valence-corrected chi connectivity index (χ1v) is 6.09. The molecule has 1 aliphatic rings. The van der Waals surface area contributed by atoms with Gasteiger partial charge in [-0.1, -0.05) is 6.42 Å². The van der Waals surface area contributed by atoms with E-state index < -0.39 is 5.97 Å². The molecule has 1 heterocycles. The van der Waals surface area contributed by atoms with Gasteiger partial charge in [0.05, 0.1) is 11.6 Å². The van der Waals surface area contributed by atoms with Crippen LogP contribution >= 0.6 is 0 Å². The minimum absolute atomic E-state index is 0.158.